The molecule has 0 spiro atoms. The van der Waals surface area contributed by atoms with Crippen molar-refractivity contribution < 1.29 is 4.79 Å². The molecular formula is C18H15Cl2NO. The van der Waals surface area contributed by atoms with Gasteiger partial charge in [0.25, 0.3) is 5.91 Å². The van der Waals surface area contributed by atoms with E-state index >= 15 is 0 Å². The van der Waals surface area contributed by atoms with Crippen molar-refractivity contribution in [3.05, 3.63) is 69.7 Å². The maximum Gasteiger partial charge on any atom is 0.251 e. The molecule has 22 heavy (non-hydrogen) atoms. The van der Waals surface area contributed by atoms with Gasteiger partial charge < -0.3 is 4.90 Å². The summed E-state index contributed by atoms with van der Waals surface area (Å²) in [6.45, 7) is 2.06. The Kier molecular flexibility index (Phi) is 4.23. The number of para-hydroxylation sites is 1. The van der Waals surface area contributed by atoms with Crippen LogP contribution in [0.15, 0.2) is 48.5 Å². The number of benzene rings is 2. The van der Waals surface area contributed by atoms with Crippen LogP contribution >= 0.6 is 23.2 Å². The van der Waals surface area contributed by atoms with E-state index in [-0.39, 0.29) is 11.9 Å². The van der Waals surface area contributed by atoms with E-state index in [1.807, 2.05) is 23.1 Å². The van der Waals surface area contributed by atoms with E-state index in [9.17, 15) is 4.79 Å². The first-order valence-electron chi connectivity index (χ1n) is 7.10. The van der Waals surface area contributed by atoms with Crippen molar-refractivity contribution in [1.82, 2.24) is 0 Å². The lowest BCUT2D eigenvalue weighted by Gasteiger charge is -2.21. The first-order chi connectivity index (χ1) is 10.6. The third kappa shape index (κ3) is 2.90. The third-order valence-corrected chi connectivity index (χ3v) is 4.38. The van der Waals surface area contributed by atoms with Gasteiger partial charge in [-0.1, -0.05) is 47.5 Å². The van der Waals surface area contributed by atoms with Gasteiger partial charge in [0.1, 0.15) is 0 Å². The molecule has 0 fully saturated rings. The Morgan fingerprint density at radius 1 is 1.23 bits per heavy atom. The lowest BCUT2D eigenvalue weighted by Crippen LogP contribution is -2.34. The number of hydrogen-bond donors (Lipinski definition) is 0. The zero-order chi connectivity index (χ0) is 15.7. The van der Waals surface area contributed by atoms with E-state index in [1.165, 1.54) is 5.56 Å². The molecule has 1 amide bonds. The second-order valence-electron chi connectivity index (χ2n) is 5.39. The zero-order valence-corrected chi connectivity index (χ0v) is 13.6. The number of rotatable bonds is 2. The molecule has 1 aliphatic rings. The highest BCUT2D eigenvalue weighted by Gasteiger charge is 2.29. The molecule has 0 aromatic heterocycles. The van der Waals surface area contributed by atoms with Gasteiger partial charge in [-0.25, -0.2) is 0 Å². The van der Waals surface area contributed by atoms with Gasteiger partial charge >= 0.3 is 0 Å². The van der Waals surface area contributed by atoms with Crippen molar-refractivity contribution in [3.63, 3.8) is 0 Å². The number of anilines is 1. The number of carbonyl (C=O) groups is 1. The molecular weight excluding hydrogens is 317 g/mol. The van der Waals surface area contributed by atoms with Crippen LogP contribution in [-0.2, 0) is 11.2 Å². The summed E-state index contributed by atoms with van der Waals surface area (Å²) < 4.78 is 0. The minimum Gasteiger partial charge on any atom is -0.305 e. The molecule has 1 heterocycles. The van der Waals surface area contributed by atoms with E-state index in [0.717, 1.165) is 17.7 Å². The van der Waals surface area contributed by atoms with Crippen LogP contribution in [-0.4, -0.2) is 11.9 Å². The van der Waals surface area contributed by atoms with E-state index in [4.69, 9.17) is 23.2 Å². The molecule has 0 saturated heterocycles. The van der Waals surface area contributed by atoms with Crippen molar-refractivity contribution in [3.8, 4) is 0 Å². The molecule has 2 aromatic carbocycles. The monoisotopic (exact) mass is 331 g/mol. The number of halogens is 2. The van der Waals surface area contributed by atoms with Crippen LogP contribution in [0.4, 0.5) is 5.69 Å². The first-order valence-corrected chi connectivity index (χ1v) is 7.86. The highest BCUT2D eigenvalue weighted by atomic mass is 35.5. The Balaban J connectivity index is 1.84. The SMILES string of the molecule is C[C@H]1Cc2ccccc2N1C(=O)/C=C/c1ccc(Cl)cc1Cl. The molecule has 3 rings (SSSR count). The Morgan fingerprint density at radius 3 is 2.77 bits per heavy atom. The molecule has 0 radical (unpaired) electrons. The quantitative estimate of drug-likeness (QED) is 0.710. The van der Waals surface area contributed by atoms with Crippen LogP contribution in [0.5, 0.6) is 0 Å². The smallest absolute Gasteiger partial charge is 0.251 e. The number of hydrogen-bond acceptors (Lipinski definition) is 1. The minimum absolute atomic E-state index is 0.0385. The van der Waals surface area contributed by atoms with Crippen molar-refractivity contribution in [2.45, 2.75) is 19.4 Å². The summed E-state index contributed by atoms with van der Waals surface area (Å²) in [6.07, 6.45) is 4.18. The Hall–Kier alpha value is -1.77. The van der Waals surface area contributed by atoms with Gasteiger partial charge in [0.2, 0.25) is 0 Å². The largest absolute Gasteiger partial charge is 0.305 e. The molecule has 0 aliphatic carbocycles. The maximum absolute atomic E-state index is 12.5. The molecule has 2 aromatic rings. The summed E-state index contributed by atoms with van der Waals surface area (Å²) in [5.74, 6) is -0.0385. The summed E-state index contributed by atoms with van der Waals surface area (Å²) in [4.78, 5) is 14.4. The molecule has 0 N–H and O–H groups in total. The number of carbonyl (C=O) groups excluding carboxylic acids is 1. The van der Waals surface area contributed by atoms with Crippen LogP contribution in [0.25, 0.3) is 6.08 Å². The fourth-order valence-corrected chi connectivity index (χ4v) is 3.25. The fourth-order valence-electron chi connectivity index (χ4n) is 2.78. The lowest BCUT2D eigenvalue weighted by atomic mass is 10.1. The van der Waals surface area contributed by atoms with Crippen LogP contribution in [0.1, 0.15) is 18.1 Å². The minimum atomic E-state index is -0.0385. The Labute approximate surface area is 140 Å². The molecule has 1 aliphatic heterocycles. The lowest BCUT2D eigenvalue weighted by molar-refractivity contribution is -0.114. The van der Waals surface area contributed by atoms with Gasteiger partial charge in [-0.2, -0.15) is 0 Å². The van der Waals surface area contributed by atoms with Crippen molar-refractivity contribution >= 4 is 40.9 Å². The van der Waals surface area contributed by atoms with Crippen LogP contribution in [0, 0.1) is 0 Å². The summed E-state index contributed by atoms with van der Waals surface area (Å²) in [6, 6.07) is 13.4. The number of amides is 1. The summed E-state index contributed by atoms with van der Waals surface area (Å²) >= 11 is 12.0. The summed E-state index contributed by atoms with van der Waals surface area (Å²) in [5.41, 5.74) is 2.98. The van der Waals surface area contributed by atoms with Crippen LogP contribution in [0.3, 0.4) is 0 Å². The van der Waals surface area contributed by atoms with E-state index in [0.29, 0.717) is 10.0 Å². The van der Waals surface area contributed by atoms with Gasteiger partial charge in [-0.3, -0.25) is 4.79 Å². The summed E-state index contributed by atoms with van der Waals surface area (Å²) in [7, 11) is 0. The number of nitrogens with zero attached hydrogens (tertiary/aromatic N) is 1. The van der Waals surface area contributed by atoms with E-state index in [2.05, 4.69) is 13.0 Å². The van der Waals surface area contributed by atoms with Crippen molar-refractivity contribution in [2.24, 2.45) is 0 Å². The first kappa shape index (κ1) is 15.1. The van der Waals surface area contributed by atoms with Gasteiger partial charge in [0, 0.05) is 27.9 Å². The molecule has 0 bridgehead atoms. The molecule has 4 heteroatoms. The predicted molar refractivity (Wildman–Crippen MR) is 92.6 cm³/mol. The molecule has 2 nitrogen and oxygen atoms in total. The average Bonchev–Trinajstić information content (AvgIpc) is 2.82. The second-order valence-corrected chi connectivity index (χ2v) is 6.23. The second kappa shape index (κ2) is 6.15. The van der Waals surface area contributed by atoms with Gasteiger partial charge in [0.05, 0.1) is 0 Å². The molecule has 1 atom stereocenters. The highest BCUT2D eigenvalue weighted by molar-refractivity contribution is 6.35. The van der Waals surface area contributed by atoms with Gasteiger partial charge in [-0.05, 0) is 48.7 Å². The zero-order valence-electron chi connectivity index (χ0n) is 12.1. The predicted octanol–water partition coefficient (Wildman–Crippen LogP) is 4.98. The Morgan fingerprint density at radius 2 is 2.00 bits per heavy atom. The van der Waals surface area contributed by atoms with E-state index < -0.39 is 0 Å². The molecule has 112 valence electrons. The molecule has 0 saturated carbocycles. The summed E-state index contributed by atoms with van der Waals surface area (Å²) in [5, 5.41) is 1.11. The number of fused-ring (bicyclic) bond motifs is 1. The average molecular weight is 332 g/mol. The van der Waals surface area contributed by atoms with Gasteiger partial charge in [-0.15, -0.1) is 0 Å². The topological polar surface area (TPSA) is 20.3 Å². The fraction of sp³-hybridized carbons (Fsp3) is 0.167. The van der Waals surface area contributed by atoms with E-state index in [1.54, 1.807) is 30.4 Å². The highest BCUT2D eigenvalue weighted by Crippen LogP contribution is 2.32. The van der Waals surface area contributed by atoms with Crippen molar-refractivity contribution in [1.29, 1.82) is 0 Å². The normalized spacial score (nSPS) is 17.0. The standard InChI is InChI=1S/C18H15Cl2NO/c1-12-10-14-4-2-3-5-17(14)21(12)18(22)9-7-13-6-8-15(19)11-16(13)20/h2-9,11-12H,10H2,1H3/b9-7+/t12-/m0/s1. The van der Waals surface area contributed by atoms with Crippen LogP contribution in [0.2, 0.25) is 10.0 Å². The third-order valence-electron chi connectivity index (χ3n) is 3.81. The maximum atomic E-state index is 12.5. The molecule has 0 unspecified atom stereocenters. The Bertz CT molecular complexity index is 755. The van der Waals surface area contributed by atoms with Crippen LogP contribution < -0.4 is 4.90 Å². The van der Waals surface area contributed by atoms with Gasteiger partial charge in [0.15, 0.2) is 0 Å². The van der Waals surface area contributed by atoms with Crippen molar-refractivity contribution in [2.75, 3.05) is 4.90 Å².